The van der Waals surface area contributed by atoms with Crippen molar-refractivity contribution in [3.8, 4) is 0 Å². The van der Waals surface area contributed by atoms with Crippen LogP contribution in [0, 0.1) is 18.6 Å². The maximum atomic E-state index is 12.6. The van der Waals surface area contributed by atoms with E-state index in [1.807, 2.05) is 0 Å². The van der Waals surface area contributed by atoms with Crippen LogP contribution < -0.4 is 0 Å². The van der Waals surface area contributed by atoms with Crippen molar-refractivity contribution in [2.45, 2.75) is 6.92 Å². The van der Waals surface area contributed by atoms with Gasteiger partial charge in [-0.2, -0.15) is 0 Å². The van der Waals surface area contributed by atoms with Crippen LogP contribution in [-0.4, -0.2) is 0 Å². The molecule has 0 aliphatic carbocycles. The third-order valence-electron chi connectivity index (χ3n) is 1.17. The summed E-state index contributed by atoms with van der Waals surface area (Å²) in [6, 6.07) is 2.05. The lowest BCUT2D eigenvalue weighted by Crippen LogP contribution is -1.85. The lowest BCUT2D eigenvalue weighted by atomic mass is 10.2. The Hall–Kier alpha value is -0.630. The molecule has 1 aromatic rings. The minimum Gasteiger partial charge on any atom is -0.207 e. The minimum atomic E-state index is -0.553. The van der Waals surface area contributed by atoms with Crippen LogP contribution in [0.1, 0.15) is 5.56 Å². The number of aryl methyl sites for hydroxylation is 1. The molecule has 0 unspecified atom stereocenters. The number of rotatable bonds is 0. The highest BCUT2D eigenvalue weighted by Gasteiger charge is 2.04. The van der Waals surface area contributed by atoms with E-state index in [0.717, 1.165) is 12.1 Å². The molecule has 0 bridgehead atoms. The smallest absolute Gasteiger partial charge is 0.144 e. The SMILES string of the molecule is Cc1cc(F)cc(Cl)c1F. The zero-order valence-electron chi connectivity index (χ0n) is 5.29. The van der Waals surface area contributed by atoms with Crippen LogP contribution in [0.2, 0.25) is 5.02 Å². The molecule has 1 aromatic carbocycles. The zero-order valence-corrected chi connectivity index (χ0v) is 6.04. The van der Waals surface area contributed by atoms with E-state index in [-0.39, 0.29) is 10.6 Å². The lowest BCUT2D eigenvalue weighted by Gasteiger charge is -1.97. The number of halogens is 3. The van der Waals surface area contributed by atoms with E-state index in [1.54, 1.807) is 0 Å². The molecule has 10 heavy (non-hydrogen) atoms. The van der Waals surface area contributed by atoms with Gasteiger partial charge in [0.1, 0.15) is 11.6 Å². The van der Waals surface area contributed by atoms with Gasteiger partial charge in [0.2, 0.25) is 0 Å². The Morgan fingerprint density at radius 2 is 1.90 bits per heavy atom. The summed E-state index contributed by atoms with van der Waals surface area (Å²) in [5, 5.41) is -0.169. The molecular weight excluding hydrogens is 158 g/mol. The second-order valence-corrected chi connectivity index (χ2v) is 2.43. The van der Waals surface area contributed by atoms with Gasteiger partial charge in [-0.05, 0) is 24.6 Å². The fraction of sp³-hybridized carbons (Fsp3) is 0.143. The maximum Gasteiger partial charge on any atom is 0.144 e. The van der Waals surface area contributed by atoms with Gasteiger partial charge >= 0.3 is 0 Å². The van der Waals surface area contributed by atoms with Gasteiger partial charge in [-0.3, -0.25) is 0 Å². The van der Waals surface area contributed by atoms with Gasteiger partial charge in [0.15, 0.2) is 0 Å². The van der Waals surface area contributed by atoms with E-state index in [4.69, 9.17) is 11.6 Å². The molecule has 0 amide bonds. The maximum absolute atomic E-state index is 12.6. The number of hydrogen-bond acceptors (Lipinski definition) is 0. The summed E-state index contributed by atoms with van der Waals surface area (Å²) in [6.07, 6.45) is 0. The Morgan fingerprint density at radius 3 is 2.40 bits per heavy atom. The van der Waals surface area contributed by atoms with Crippen LogP contribution in [0.25, 0.3) is 0 Å². The van der Waals surface area contributed by atoms with Gasteiger partial charge in [-0.15, -0.1) is 0 Å². The van der Waals surface area contributed by atoms with Crippen molar-refractivity contribution in [1.29, 1.82) is 0 Å². The molecule has 54 valence electrons. The number of benzene rings is 1. The third-order valence-corrected chi connectivity index (χ3v) is 1.45. The highest BCUT2D eigenvalue weighted by molar-refractivity contribution is 6.30. The Bertz CT molecular complexity index is 235. The first-order valence-corrected chi connectivity index (χ1v) is 3.10. The van der Waals surface area contributed by atoms with Crippen molar-refractivity contribution < 1.29 is 8.78 Å². The summed E-state index contributed by atoms with van der Waals surface area (Å²) < 4.78 is 25.0. The molecule has 0 saturated carbocycles. The highest BCUT2D eigenvalue weighted by atomic mass is 35.5. The van der Waals surface area contributed by atoms with Crippen molar-refractivity contribution in [2.24, 2.45) is 0 Å². The first-order chi connectivity index (χ1) is 4.61. The van der Waals surface area contributed by atoms with Crippen molar-refractivity contribution in [3.63, 3.8) is 0 Å². The molecule has 3 heteroatoms. The van der Waals surface area contributed by atoms with Crippen molar-refractivity contribution in [1.82, 2.24) is 0 Å². The molecule has 0 N–H and O–H groups in total. The molecule has 0 nitrogen and oxygen atoms in total. The predicted octanol–water partition coefficient (Wildman–Crippen LogP) is 2.93. The fourth-order valence-electron chi connectivity index (χ4n) is 0.685. The Balaban J connectivity index is 3.31. The molecule has 1 rings (SSSR count). The molecule has 0 fully saturated rings. The quantitative estimate of drug-likeness (QED) is 0.515. The summed E-state index contributed by atoms with van der Waals surface area (Å²) in [6.45, 7) is 1.46. The van der Waals surface area contributed by atoms with Gasteiger partial charge in [-0.25, -0.2) is 8.78 Å². The van der Waals surface area contributed by atoms with E-state index in [2.05, 4.69) is 0 Å². The second-order valence-electron chi connectivity index (χ2n) is 2.02. The summed E-state index contributed by atoms with van der Waals surface area (Å²) in [4.78, 5) is 0. The summed E-state index contributed by atoms with van der Waals surface area (Å²) in [5.74, 6) is -1.06. The second kappa shape index (κ2) is 2.54. The Morgan fingerprint density at radius 1 is 1.30 bits per heavy atom. The van der Waals surface area contributed by atoms with Crippen LogP contribution in [0.5, 0.6) is 0 Å². The van der Waals surface area contributed by atoms with E-state index in [0.29, 0.717) is 0 Å². The highest BCUT2D eigenvalue weighted by Crippen LogP contribution is 2.18. The topological polar surface area (TPSA) is 0 Å². The zero-order chi connectivity index (χ0) is 7.72. The summed E-state index contributed by atoms with van der Waals surface area (Å²) in [7, 11) is 0. The van der Waals surface area contributed by atoms with Crippen molar-refractivity contribution in [2.75, 3.05) is 0 Å². The Kier molecular flexibility index (Phi) is 1.90. The summed E-state index contributed by atoms with van der Waals surface area (Å²) in [5.41, 5.74) is 0.227. The molecule has 0 atom stereocenters. The van der Waals surface area contributed by atoms with Gasteiger partial charge < -0.3 is 0 Å². The largest absolute Gasteiger partial charge is 0.207 e. The lowest BCUT2D eigenvalue weighted by molar-refractivity contribution is 0.593. The average Bonchev–Trinajstić information content (AvgIpc) is 1.82. The molecule has 0 aliphatic rings. The number of hydrogen-bond donors (Lipinski definition) is 0. The van der Waals surface area contributed by atoms with Gasteiger partial charge in [-0.1, -0.05) is 11.6 Å². The van der Waals surface area contributed by atoms with Gasteiger partial charge in [0, 0.05) is 0 Å². The minimum absolute atomic E-state index is 0.169. The van der Waals surface area contributed by atoms with E-state index >= 15 is 0 Å². The van der Waals surface area contributed by atoms with Crippen LogP contribution in [-0.2, 0) is 0 Å². The first-order valence-electron chi connectivity index (χ1n) is 2.72. The molecular formula is C7H5ClF2. The van der Waals surface area contributed by atoms with E-state index in [1.165, 1.54) is 6.92 Å². The molecule has 0 aliphatic heterocycles. The molecule has 0 aromatic heterocycles. The van der Waals surface area contributed by atoms with E-state index in [9.17, 15) is 8.78 Å². The first kappa shape index (κ1) is 7.48. The van der Waals surface area contributed by atoms with Crippen LogP contribution >= 0.6 is 11.6 Å². The van der Waals surface area contributed by atoms with E-state index < -0.39 is 11.6 Å². The van der Waals surface area contributed by atoms with Crippen molar-refractivity contribution >= 4 is 11.6 Å². The third kappa shape index (κ3) is 1.27. The summed E-state index contributed by atoms with van der Waals surface area (Å²) >= 11 is 5.30. The van der Waals surface area contributed by atoms with Crippen LogP contribution in [0.4, 0.5) is 8.78 Å². The van der Waals surface area contributed by atoms with Crippen molar-refractivity contribution in [3.05, 3.63) is 34.4 Å². The normalized spacial score (nSPS) is 10.0. The Labute approximate surface area is 62.4 Å². The molecule has 0 saturated heterocycles. The van der Waals surface area contributed by atoms with Crippen LogP contribution in [0.3, 0.4) is 0 Å². The molecule has 0 heterocycles. The standard InChI is InChI=1S/C7H5ClF2/c1-4-2-5(9)3-6(8)7(4)10/h2-3H,1H3. The monoisotopic (exact) mass is 162 g/mol. The molecule has 0 spiro atoms. The van der Waals surface area contributed by atoms with Gasteiger partial charge in [0.05, 0.1) is 5.02 Å². The molecule has 0 radical (unpaired) electrons. The predicted molar refractivity (Wildman–Crippen MR) is 36.1 cm³/mol. The van der Waals surface area contributed by atoms with Gasteiger partial charge in [0.25, 0.3) is 0 Å². The van der Waals surface area contributed by atoms with Crippen LogP contribution in [0.15, 0.2) is 12.1 Å². The fourth-order valence-corrected chi connectivity index (χ4v) is 0.938. The average molecular weight is 163 g/mol.